The number of hydrogen-bond donors (Lipinski definition) is 1. The number of carbonyl (C=O) groups excluding carboxylic acids is 1. The molecule has 2 atom stereocenters. The molecule has 2 unspecified atom stereocenters. The van der Waals surface area contributed by atoms with Gasteiger partial charge in [-0.25, -0.2) is 0 Å². The summed E-state index contributed by atoms with van der Waals surface area (Å²) in [5.41, 5.74) is 6.29. The summed E-state index contributed by atoms with van der Waals surface area (Å²) in [5.74, 6) is 0.0933. The van der Waals surface area contributed by atoms with Crippen LogP contribution in [0.15, 0.2) is 22.8 Å². The Morgan fingerprint density at radius 2 is 2.35 bits per heavy atom. The molecule has 0 bridgehead atoms. The number of pyridine rings is 1. The summed E-state index contributed by atoms with van der Waals surface area (Å²) in [4.78, 5) is 16.1. The fourth-order valence-corrected chi connectivity index (χ4v) is 2.15. The Bertz CT molecular complexity index is 394. The van der Waals surface area contributed by atoms with E-state index in [1.54, 1.807) is 6.20 Å². The molecule has 1 aromatic heterocycles. The van der Waals surface area contributed by atoms with Gasteiger partial charge in [0.2, 0.25) is 0 Å². The first-order valence-electron chi connectivity index (χ1n) is 5.67. The SMILES string of the molecule is NCC1CCC(C(=O)Cc2ccc(Br)cn2)O1. The molecule has 4 nitrogen and oxygen atoms in total. The van der Waals surface area contributed by atoms with Gasteiger partial charge in [0.15, 0.2) is 5.78 Å². The Kier molecular flexibility index (Phi) is 4.25. The van der Waals surface area contributed by atoms with Crippen LogP contribution in [0.2, 0.25) is 0 Å². The van der Waals surface area contributed by atoms with Crippen molar-refractivity contribution in [2.45, 2.75) is 31.5 Å². The van der Waals surface area contributed by atoms with Crippen LogP contribution in [0.25, 0.3) is 0 Å². The van der Waals surface area contributed by atoms with Crippen LogP contribution >= 0.6 is 15.9 Å². The molecule has 0 radical (unpaired) electrons. The highest BCUT2D eigenvalue weighted by Crippen LogP contribution is 2.20. The molecule has 1 aliphatic rings. The fourth-order valence-electron chi connectivity index (χ4n) is 1.92. The van der Waals surface area contributed by atoms with Gasteiger partial charge in [-0.15, -0.1) is 0 Å². The minimum absolute atomic E-state index is 0.0434. The Balaban J connectivity index is 1.91. The second-order valence-corrected chi connectivity index (χ2v) is 5.09. The van der Waals surface area contributed by atoms with Gasteiger partial charge in [0.25, 0.3) is 0 Å². The van der Waals surface area contributed by atoms with E-state index in [0.717, 1.165) is 23.0 Å². The zero-order valence-electron chi connectivity index (χ0n) is 9.43. The quantitative estimate of drug-likeness (QED) is 0.914. The summed E-state index contributed by atoms with van der Waals surface area (Å²) in [6.07, 6.45) is 3.42. The standard InChI is InChI=1S/C12H15BrN2O2/c13-8-1-2-9(15-7-8)5-11(16)12-4-3-10(6-14)17-12/h1-2,7,10,12H,3-6,14H2. The molecule has 1 aromatic rings. The van der Waals surface area contributed by atoms with Crippen molar-refractivity contribution in [3.63, 3.8) is 0 Å². The lowest BCUT2D eigenvalue weighted by atomic mass is 10.1. The highest BCUT2D eigenvalue weighted by molar-refractivity contribution is 9.10. The van der Waals surface area contributed by atoms with Crippen molar-refractivity contribution in [3.05, 3.63) is 28.5 Å². The van der Waals surface area contributed by atoms with E-state index < -0.39 is 0 Å². The van der Waals surface area contributed by atoms with Crippen LogP contribution in [0.4, 0.5) is 0 Å². The minimum atomic E-state index is -0.297. The number of aromatic nitrogens is 1. The predicted octanol–water partition coefficient (Wildman–Crippen LogP) is 1.46. The second-order valence-electron chi connectivity index (χ2n) is 4.17. The number of hydrogen-bond acceptors (Lipinski definition) is 4. The first-order valence-corrected chi connectivity index (χ1v) is 6.47. The maximum Gasteiger partial charge on any atom is 0.167 e. The lowest BCUT2D eigenvalue weighted by Crippen LogP contribution is -2.26. The monoisotopic (exact) mass is 298 g/mol. The molecular weight excluding hydrogens is 284 g/mol. The lowest BCUT2D eigenvalue weighted by molar-refractivity contribution is -0.128. The van der Waals surface area contributed by atoms with Crippen molar-refractivity contribution in [3.8, 4) is 0 Å². The summed E-state index contributed by atoms with van der Waals surface area (Å²) in [6.45, 7) is 0.486. The van der Waals surface area contributed by atoms with E-state index in [2.05, 4.69) is 20.9 Å². The summed E-state index contributed by atoms with van der Waals surface area (Å²) in [6, 6.07) is 3.73. The average molecular weight is 299 g/mol. The van der Waals surface area contributed by atoms with Crippen molar-refractivity contribution in [1.29, 1.82) is 0 Å². The molecule has 1 fully saturated rings. The Hall–Kier alpha value is -0.780. The molecular formula is C12H15BrN2O2. The third-order valence-corrected chi connectivity index (χ3v) is 3.34. The van der Waals surface area contributed by atoms with Crippen molar-refractivity contribution >= 4 is 21.7 Å². The van der Waals surface area contributed by atoms with Crippen LogP contribution in [0.5, 0.6) is 0 Å². The van der Waals surface area contributed by atoms with Gasteiger partial charge in [0.05, 0.1) is 12.5 Å². The zero-order chi connectivity index (χ0) is 12.3. The van der Waals surface area contributed by atoms with Gasteiger partial charge in [-0.3, -0.25) is 9.78 Å². The highest BCUT2D eigenvalue weighted by Gasteiger charge is 2.29. The van der Waals surface area contributed by atoms with Crippen molar-refractivity contribution in [1.82, 2.24) is 4.98 Å². The molecule has 0 amide bonds. The summed E-state index contributed by atoms with van der Waals surface area (Å²) >= 11 is 3.31. The van der Waals surface area contributed by atoms with E-state index >= 15 is 0 Å². The number of Topliss-reactive ketones (excluding diaryl/α,β-unsaturated/α-hetero) is 1. The molecule has 5 heteroatoms. The van der Waals surface area contributed by atoms with E-state index in [1.165, 1.54) is 0 Å². The third kappa shape index (κ3) is 3.34. The smallest absolute Gasteiger partial charge is 0.167 e. The number of ether oxygens (including phenoxy) is 1. The maximum atomic E-state index is 11.9. The van der Waals surface area contributed by atoms with E-state index in [4.69, 9.17) is 10.5 Å². The Morgan fingerprint density at radius 1 is 1.53 bits per heavy atom. The van der Waals surface area contributed by atoms with Gasteiger partial charge in [-0.2, -0.15) is 0 Å². The number of halogens is 1. The first-order chi connectivity index (χ1) is 8.19. The van der Waals surface area contributed by atoms with Gasteiger partial charge < -0.3 is 10.5 Å². The highest BCUT2D eigenvalue weighted by atomic mass is 79.9. The normalized spacial score (nSPS) is 23.9. The number of ketones is 1. The van der Waals surface area contributed by atoms with Crippen molar-refractivity contribution in [2.75, 3.05) is 6.54 Å². The predicted molar refractivity (Wildman–Crippen MR) is 67.6 cm³/mol. The molecule has 17 heavy (non-hydrogen) atoms. The van der Waals surface area contributed by atoms with Gasteiger partial charge in [0, 0.05) is 22.9 Å². The van der Waals surface area contributed by atoms with Crippen LogP contribution in [0.3, 0.4) is 0 Å². The molecule has 2 heterocycles. The van der Waals surface area contributed by atoms with E-state index in [1.807, 2.05) is 12.1 Å². The van der Waals surface area contributed by atoms with Gasteiger partial charge >= 0.3 is 0 Å². The topological polar surface area (TPSA) is 65.2 Å². The lowest BCUT2D eigenvalue weighted by Gasteiger charge is -2.10. The van der Waals surface area contributed by atoms with Gasteiger partial charge in [-0.05, 0) is 40.9 Å². The summed E-state index contributed by atoms with van der Waals surface area (Å²) in [7, 11) is 0. The van der Waals surface area contributed by atoms with Crippen LogP contribution in [-0.2, 0) is 16.0 Å². The van der Waals surface area contributed by atoms with E-state index in [-0.39, 0.29) is 18.0 Å². The van der Waals surface area contributed by atoms with Crippen LogP contribution in [0, 0.1) is 0 Å². The number of nitrogens with zero attached hydrogens (tertiary/aromatic N) is 1. The Morgan fingerprint density at radius 3 is 2.94 bits per heavy atom. The molecule has 1 saturated heterocycles. The average Bonchev–Trinajstić information content (AvgIpc) is 2.81. The Labute approximate surface area is 109 Å². The zero-order valence-corrected chi connectivity index (χ0v) is 11.0. The number of nitrogens with two attached hydrogens (primary N) is 1. The summed E-state index contributed by atoms with van der Waals surface area (Å²) < 4.78 is 6.47. The first kappa shape index (κ1) is 12.7. The van der Waals surface area contributed by atoms with Crippen LogP contribution < -0.4 is 5.73 Å². The molecule has 2 rings (SSSR count). The van der Waals surface area contributed by atoms with Crippen molar-refractivity contribution < 1.29 is 9.53 Å². The largest absolute Gasteiger partial charge is 0.366 e. The number of carbonyl (C=O) groups is 1. The fraction of sp³-hybridized carbons (Fsp3) is 0.500. The number of rotatable bonds is 4. The maximum absolute atomic E-state index is 11.9. The molecule has 2 N–H and O–H groups in total. The molecule has 0 aliphatic carbocycles. The minimum Gasteiger partial charge on any atom is -0.366 e. The molecule has 0 spiro atoms. The second kappa shape index (κ2) is 5.71. The van der Waals surface area contributed by atoms with Crippen LogP contribution in [0.1, 0.15) is 18.5 Å². The molecule has 1 aliphatic heterocycles. The van der Waals surface area contributed by atoms with E-state index in [0.29, 0.717) is 13.0 Å². The molecule has 0 saturated carbocycles. The van der Waals surface area contributed by atoms with Gasteiger partial charge in [0.1, 0.15) is 6.10 Å². The molecule has 92 valence electrons. The van der Waals surface area contributed by atoms with Crippen molar-refractivity contribution in [2.24, 2.45) is 5.73 Å². The molecule has 0 aromatic carbocycles. The van der Waals surface area contributed by atoms with Crippen LogP contribution in [-0.4, -0.2) is 29.5 Å². The van der Waals surface area contributed by atoms with Gasteiger partial charge in [-0.1, -0.05) is 0 Å². The summed E-state index contributed by atoms with van der Waals surface area (Å²) in [5, 5.41) is 0. The third-order valence-electron chi connectivity index (χ3n) is 2.87. The van der Waals surface area contributed by atoms with E-state index in [9.17, 15) is 4.79 Å².